The molecule has 0 aliphatic carbocycles. The number of methoxy groups -OCH3 is 1. The molecular weight excluding hydrogens is 386 g/mol. The summed E-state index contributed by atoms with van der Waals surface area (Å²) < 4.78 is 39.3. The van der Waals surface area contributed by atoms with Crippen LogP contribution in [-0.4, -0.2) is 28.7 Å². The molecule has 5 nitrogen and oxygen atoms in total. The van der Waals surface area contributed by atoms with Crippen molar-refractivity contribution < 1.29 is 17.9 Å². The second-order valence-corrected chi connectivity index (χ2v) is 10.3. The molecule has 2 aromatic carbocycles. The Morgan fingerprint density at radius 2 is 1.69 bits per heavy atom. The molecule has 0 radical (unpaired) electrons. The van der Waals surface area contributed by atoms with E-state index >= 15 is 0 Å². The molecule has 29 heavy (non-hydrogen) atoms. The topological polar surface area (TPSA) is 64.6 Å². The van der Waals surface area contributed by atoms with Gasteiger partial charge in [-0.25, -0.2) is 13.1 Å². The van der Waals surface area contributed by atoms with Crippen molar-refractivity contribution in [3.63, 3.8) is 0 Å². The molecule has 160 valence electrons. The Hall–Kier alpha value is -2.05. The lowest BCUT2D eigenvalue weighted by Crippen LogP contribution is -2.29. The van der Waals surface area contributed by atoms with Gasteiger partial charge >= 0.3 is 0 Å². The molecule has 0 aliphatic rings. The van der Waals surface area contributed by atoms with E-state index < -0.39 is 10.0 Å². The lowest BCUT2D eigenvalue weighted by Gasteiger charge is -2.19. The first-order valence-corrected chi connectivity index (χ1v) is 11.4. The average Bonchev–Trinajstić information content (AvgIpc) is 2.64. The van der Waals surface area contributed by atoms with Gasteiger partial charge in [0.2, 0.25) is 10.0 Å². The van der Waals surface area contributed by atoms with Crippen LogP contribution in [0, 0.1) is 6.92 Å². The van der Waals surface area contributed by atoms with Crippen molar-refractivity contribution in [3.05, 3.63) is 53.1 Å². The van der Waals surface area contributed by atoms with Gasteiger partial charge in [0.15, 0.2) is 0 Å². The van der Waals surface area contributed by atoms with Crippen molar-refractivity contribution in [2.24, 2.45) is 0 Å². The van der Waals surface area contributed by atoms with Gasteiger partial charge in [-0.1, -0.05) is 46.8 Å². The molecule has 2 aromatic rings. The molecule has 0 aromatic heterocycles. The Kier molecular flexibility index (Phi) is 7.35. The largest absolute Gasteiger partial charge is 0.496 e. The molecule has 2 rings (SSSR count). The van der Waals surface area contributed by atoms with Gasteiger partial charge in [0.25, 0.3) is 0 Å². The molecule has 6 heteroatoms. The van der Waals surface area contributed by atoms with Gasteiger partial charge in [0.05, 0.1) is 12.0 Å². The van der Waals surface area contributed by atoms with E-state index in [1.807, 2.05) is 38.1 Å². The summed E-state index contributed by atoms with van der Waals surface area (Å²) in [5.41, 5.74) is 2.83. The molecule has 0 bridgehead atoms. The highest BCUT2D eigenvalue weighted by molar-refractivity contribution is 7.89. The summed E-state index contributed by atoms with van der Waals surface area (Å²) in [7, 11) is -2.04. The molecule has 0 amide bonds. The van der Waals surface area contributed by atoms with E-state index in [1.165, 1.54) is 5.56 Å². The zero-order chi connectivity index (χ0) is 21.8. The minimum Gasteiger partial charge on any atom is -0.496 e. The van der Waals surface area contributed by atoms with E-state index in [0.29, 0.717) is 11.3 Å². The summed E-state index contributed by atoms with van der Waals surface area (Å²) in [5, 5.41) is 0. The van der Waals surface area contributed by atoms with Crippen molar-refractivity contribution >= 4 is 10.0 Å². The van der Waals surface area contributed by atoms with Crippen molar-refractivity contribution in [1.29, 1.82) is 0 Å². The summed E-state index contributed by atoms with van der Waals surface area (Å²) >= 11 is 0. The zero-order valence-electron chi connectivity index (χ0n) is 18.5. The van der Waals surface area contributed by atoms with Crippen LogP contribution < -0.4 is 14.2 Å². The van der Waals surface area contributed by atoms with Gasteiger partial charge in [-0.15, -0.1) is 0 Å². The highest BCUT2D eigenvalue weighted by atomic mass is 32.2. The van der Waals surface area contributed by atoms with Gasteiger partial charge in [-0.2, -0.15) is 0 Å². The summed E-state index contributed by atoms with van der Waals surface area (Å²) in [6.07, 6.45) is 0. The fraction of sp³-hybridized carbons (Fsp3) is 0.478. The van der Waals surface area contributed by atoms with Crippen LogP contribution in [0.4, 0.5) is 0 Å². The first kappa shape index (κ1) is 23.2. The Morgan fingerprint density at radius 1 is 1.07 bits per heavy atom. The van der Waals surface area contributed by atoms with Gasteiger partial charge < -0.3 is 9.47 Å². The number of ether oxygens (including phenoxy) is 2. The van der Waals surface area contributed by atoms with Crippen molar-refractivity contribution in [2.45, 2.75) is 57.8 Å². The molecule has 0 heterocycles. The highest BCUT2D eigenvalue weighted by Gasteiger charge is 2.20. The van der Waals surface area contributed by atoms with Crippen LogP contribution in [0.3, 0.4) is 0 Å². The maximum atomic E-state index is 12.8. The maximum Gasteiger partial charge on any atom is 0.240 e. The Balaban J connectivity index is 2.03. The van der Waals surface area contributed by atoms with E-state index in [4.69, 9.17) is 9.47 Å². The van der Waals surface area contributed by atoms with Crippen LogP contribution >= 0.6 is 0 Å². The van der Waals surface area contributed by atoms with Crippen molar-refractivity contribution in [1.82, 2.24) is 4.72 Å². The Labute approximate surface area is 175 Å². The summed E-state index contributed by atoms with van der Waals surface area (Å²) in [5.74, 6) is 1.58. The van der Waals surface area contributed by atoms with Crippen molar-refractivity contribution in [3.8, 4) is 11.5 Å². The van der Waals surface area contributed by atoms with E-state index in [9.17, 15) is 8.42 Å². The van der Waals surface area contributed by atoms with E-state index in [1.54, 1.807) is 26.2 Å². The third-order valence-corrected chi connectivity index (χ3v) is 6.43. The molecule has 0 aliphatic heterocycles. The molecule has 0 fully saturated rings. The molecule has 0 spiro atoms. The normalized spacial score (nSPS) is 12.3. The lowest BCUT2D eigenvalue weighted by molar-refractivity contribution is 0.322. The van der Waals surface area contributed by atoms with Gasteiger partial charge in [0, 0.05) is 6.54 Å². The minimum atomic E-state index is -3.64. The van der Waals surface area contributed by atoms with Gasteiger partial charge in [0.1, 0.15) is 18.1 Å². The van der Waals surface area contributed by atoms with E-state index in [2.05, 4.69) is 25.5 Å². The summed E-state index contributed by atoms with van der Waals surface area (Å²) in [6, 6.07) is 11.4. The monoisotopic (exact) mass is 419 g/mol. The molecule has 0 saturated carbocycles. The van der Waals surface area contributed by atoms with E-state index in [0.717, 1.165) is 11.3 Å². The number of nitrogens with one attached hydrogen (secondary N) is 1. The van der Waals surface area contributed by atoms with Crippen LogP contribution in [-0.2, 0) is 15.4 Å². The Bertz CT molecular complexity index is 927. The molecule has 1 N–H and O–H groups in total. The number of benzene rings is 2. The lowest BCUT2D eigenvalue weighted by atomic mass is 9.87. The predicted molar refractivity (Wildman–Crippen MR) is 118 cm³/mol. The second-order valence-electron chi connectivity index (χ2n) is 8.53. The molecule has 0 atom stereocenters. The first-order chi connectivity index (χ1) is 13.5. The first-order valence-electron chi connectivity index (χ1n) is 9.87. The number of rotatable bonds is 8. The van der Waals surface area contributed by atoms with Crippen LogP contribution in [0.25, 0.3) is 0 Å². The number of hydrogen-bond donors (Lipinski definition) is 1. The van der Waals surface area contributed by atoms with Crippen molar-refractivity contribution in [2.75, 3.05) is 20.3 Å². The molecule has 0 unspecified atom stereocenters. The van der Waals surface area contributed by atoms with Gasteiger partial charge in [-0.3, -0.25) is 0 Å². The fourth-order valence-electron chi connectivity index (χ4n) is 3.07. The zero-order valence-corrected chi connectivity index (χ0v) is 19.3. The van der Waals surface area contributed by atoms with Crippen LogP contribution in [0.2, 0.25) is 0 Å². The summed E-state index contributed by atoms with van der Waals surface area (Å²) in [6.45, 7) is 12.7. The van der Waals surface area contributed by atoms with Crippen LogP contribution in [0.5, 0.6) is 11.5 Å². The maximum absolute atomic E-state index is 12.8. The number of hydrogen-bond acceptors (Lipinski definition) is 4. The number of aryl methyl sites for hydroxylation is 1. The SMILES string of the molecule is COc1cc(C)c(S(=O)(=O)NCCOc2ccc(C(C)(C)C)cc2)cc1C(C)C. The van der Waals surface area contributed by atoms with Crippen LogP contribution in [0.1, 0.15) is 57.2 Å². The quantitative estimate of drug-likeness (QED) is 0.625. The highest BCUT2D eigenvalue weighted by Crippen LogP contribution is 2.31. The number of sulfonamides is 1. The third-order valence-electron chi connectivity index (χ3n) is 4.82. The second kappa shape index (κ2) is 9.18. The minimum absolute atomic E-state index is 0.0826. The molecule has 0 saturated heterocycles. The summed E-state index contributed by atoms with van der Waals surface area (Å²) in [4.78, 5) is 0.275. The van der Waals surface area contributed by atoms with Gasteiger partial charge in [-0.05, 0) is 59.2 Å². The Morgan fingerprint density at radius 3 is 2.21 bits per heavy atom. The standard InChI is InChI=1S/C23H33NO4S/c1-16(2)20-15-22(17(3)14-21(20)27-7)29(25,26)24-12-13-28-19-10-8-18(9-11-19)23(4,5)6/h8-11,14-16,24H,12-13H2,1-7H3. The smallest absolute Gasteiger partial charge is 0.240 e. The predicted octanol–water partition coefficient (Wildman–Crippen LogP) is 4.78. The van der Waals surface area contributed by atoms with Crippen LogP contribution in [0.15, 0.2) is 41.3 Å². The van der Waals surface area contributed by atoms with E-state index in [-0.39, 0.29) is 29.4 Å². The third kappa shape index (κ3) is 5.97. The molecular formula is C23H33NO4S. The fourth-order valence-corrected chi connectivity index (χ4v) is 4.34. The average molecular weight is 420 g/mol.